The first-order valence-electron chi connectivity index (χ1n) is 3.48. The first-order valence-corrected chi connectivity index (χ1v) is 3.48. The third-order valence-corrected chi connectivity index (χ3v) is 1.34. The number of rotatable bonds is 4. The van der Waals surface area contributed by atoms with E-state index in [2.05, 4.69) is 0 Å². The molecule has 2 nitrogen and oxygen atoms in total. The predicted octanol–water partition coefficient (Wildman–Crippen LogP) is 1.00. The Kier molecular flexibility index (Phi) is 4.44. The first kappa shape index (κ1) is 10.7. The molecule has 0 aliphatic heterocycles. The zero-order valence-electron chi connectivity index (χ0n) is 6.19. The Bertz CT molecular complexity index is 102. The highest BCUT2D eigenvalue weighted by Gasteiger charge is 2.26. The van der Waals surface area contributed by atoms with Crippen molar-refractivity contribution in [3.63, 3.8) is 0 Å². The van der Waals surface area contributed by atoms with Gasteiger partial charge in [0.15, 0.2) is 0 Å². The van der Waals surface area contributed by atoms with Crippen molar-refractivity contribution in [2.75, 3.05) is 6.54 Å². The van der Waals surface area contributed by atoms with Crippen LogP contribution in [0.4, 0.5) is 13.2 Å². The van der Waals surface area contributed by atoms with Gasteiger partial charge in [-0.2, -0.15) is 13.2 Å². The molecule has 5 heteroatoms. The van der Waals surface area contributed by atoms with Crippen molar-refractivity contribution >= 4 is 0 Å². The lowest BCUT2D eigenvalue weighted by Crippen LogP contribution is -2.29. The molecule has 0 saturated heterocycles. The molecule has 0 aromatic heterocycles. The van der Waals surface area contributed by atoms with E-state index in [1.165, 1.54) is 0 Å². The van der Waals surface area contributed by atoms with Crippen LogP contribution in [-0.2, 0) is 0 Å². The van der Waals surface area contributed by atoms with Gasteiger partial charge >= 0.3 is 6.18 Å². The fourth-order valence-corrected chi connectivity index (χ4v) is 0.683. The summed E-state index contributed by atoms with van der Waals surface area (Å²) in [6.07, 6.45) is -4.41. The zero-order valence-corrected chi connectivity index (χ0v) is 6.19. The molecule has 0 aromatic rings. The summed E-state index contributed by atoms with van der Waals surface area (Å²) in [6, 6.07) is -0.294. The standard InChI is InChI=1S/C6H13F3N2/c7-6(8,9)3-1-2-5(11)4-10/h5H,1-4,10-11H2. The summed E-state index contributed by atoms with van der Waals surface area (Å²) in [5.41, 5.74) is 10.4. The fraction of sp³-hybridized carbons (Fsp3) is 1.00. The second-order valence-corrected chi connectivity index (χ2v) is 2.50. The van der Waals surface area contributed by atoms with Crippen LogP contribution in [0, 0.1) is 0 Å². The highest BCUT2D eigenvalue weighted by molar-refractivity contribution is 4.62. The average molecular weight is 170 g/mol. The molecule has 68 valence electrons. The monoisotopic (exact) mass is 170 g/mol. The number of hydrogen-bond donors (Lipinski definition) is 2. The molecule has 0 rings (SSSR count). The summed E-state index contributed by atoms with van der Waals surface area (Å²) in [5, 5.41) is 0. The van der Waals surface area contributed by atoms with E-state index in [-0.39, 0.29) is 19.0 Å². The van der Waals surface area contributed by atoms with Crippen molar-refractivity contribution in [1.29, 1.82) is 0 Å². The van der Waals surface area contributed by atoms with E-state index < -0.39 is 12.6 Å². The Labute approximate surface area is 63.7 Å². The molecular weight excluding hydrogens is 157 g/mol. The Balaban J connectivity index is 3.28. The van der Waals surface area contributed by atoms with Crippen LogP contribution in [0.1, 0.15) is 19.3 Å². The highest BCUT2D eigenvalue weighted by atomic mass is 19.4. The van der Waals surface area contributed by atoms with E-state index in [1.807, 2.05) is 0 Å². The van der Waals surface area contributed by atoms with Gasteiger partial charge in [0.1, 0.15) is 0 Å². The summed E-state index contributed by atoms with van der Waals surface area (Å²) >= 11 is 0. The number of hydrogen-bond acceptors (Lipinski definition) is 2. The lowest BCUT2D eigenvalue weighted by atomic mass is 10.1. The van der Waals surface area contributed by atoms with Gasteiger partial charge in [-0.3, -0.25) is 0 Å². The summed E-state index contributed by atoms with van der Waals surface area (Å²) in [6.45, 7) is 0.248. The summed E-state index contributed by atoms with van der Waals surface area (Å²) in [5.74, 6) is 0. The van der Waals surface area contributed by atoms with E-state index in [1.54, 1.807) is 0 Å². The zero-order chi connectivity index (χ0) is 8.91. The molecule has 0 amide bonds. The minimum atomic E-state index is -4.06. The van der Waals surface area contributed by atoms with E-state index in [4.69, 9.17) is 11.5 Å². The first-order chi connectivity index (χ1) is 4.95. The van der Waals surface area contributed by atoms with Crippen LogP contribution in [0.15, 0.2) is 0 Å². The predicted molar refractivity (Wildman–Crippen MR) is 36.9 cm³/mol. The van der Waals surface area contributed by atoms with Crippen LogP contribution in [-0.4, -0.2) is 18.8 Å². The van der Waals surface area contributed by atoms with Crippen LogP contribution in [0.5, 0.6) is 0 Å². The molecule has 4 N–H and O–H groups in total. The molecule has 0 spiro atoms. The van der Waals surface area contributed by atoms with Crippen molar-refractivity contribution in [2.45, 2.75) is 31.5 Å². The molecule has 1 atom stereocenters. The van der Waals surface area contributed by atoms with E-state index in [9.17, 15) is 13.2 Å². The lowest BCUT2D eigenvalue weighted by Gasteiger charge is -2.09. The van der Waals surface area contributed by atoms with Crippen LogP contribution in [0.2, 0.25) is 0 Å². The van der Waals surface area contributed by atoms with Crippen molar-refractivity contribution < 1.29 is 13.2 Å². The van der Waals surface area contributed by atoms with E-state index in [0.29, 0.717) is 6.42 Å². The maximum Gasteiger partial charge on any atom is 0.389 e. The summed E-state index contributed by atoms with van der Waals surface area (Å²) in [7, 11) is 0. The lowest BCUT2D eigenvalue weighted by molar-refractivity contribution is -0.135. The molecule has 0 aromatic carbocycles. The largest absolute Gasteiger partial charge is 0.389 e. The second kappa shape index (κ2) is 4.56. The van der Waals surface area contributed by atoms with Gasteiger partial charge in [-0.25, -0.2) is 0 Å². The average Bonchev–Trinajstić information content (AvgIpc) is 1.85. The molecule has 0 fully saturated rings. The van der Waals surface area contributed by atoms with Crippen molar-refractivity contribution in [2.24, 2.45) is 11.5 Å². The third-order valence-electron chi connectivity index (χ3n) is 1.34. The van der Waals surface area contributed by atoms with Gasteiger partial charge in [-0.05, 0) is 12.8 Å². The van der Waals surface area contributed by atoms with Crippen LogP contribution < -0.4 is 11.5 Å². The van der Waals surface area contributed by atoms with Crippen molar-refractivity contribution in [3.8, 4) is 0 Å². The van der Waals surface area contributed by atoms with Gasteiger partial charge < -0.3 is 11.5 Å². The maximum absolute atomic E-state index is 11.5. The number of nitrogens with two attached hydrogens (primary N) is 2. The van der Waals surface area contributed by atoms with Gasteiger partial charge in [0.25, 0.3) is 0 Å². The van der Waals surface area contributed by atoms with Gasteiger partial charge in [0.05, 0.1) is 0 Å². The topological polar surface area (TPSA) is 52.0 Å². The number of alkyl halides is 3. The smallest absolute Gasteiger partial charge is 0.329 e. The van der Waals surface area contributed by atoms with Crippen LogP contribution in [0.25, 0.3) is 0 Å². The molecule has 0 heterocycles. The SMILES string of the molecule is NCC(N)CCCC(F)(F)F. The maximum atomic E-state index is 11.5. The molecule has 1 unspecified atom stereocenters. The molecule has 0 aliphatic carbocycles. The molecule has 0 saturated carbocycles. The van der Waals surface area contributed by atoms with Gasteiger partial charge in [0.2, 0.25) is 0 Å². The summed E-state index contributed by atoms with van der Waals surface area (Å²) < 4.78 is 34.6. The molecular formula is C6H13F3N2. The molecule has 0 radical (unpaired) electrons. The minimum absolute atomic E-state index is 0.0713. The van der Waals surface area contributed by atoms with Gasteiger partial charge in [-0.1, -0.05) is 0 Å². The number of halogens is 3. The third kappa shape index (κ3) is 7.61. The molecule has 0 aliphatic rings. The summed E-state index contributed by atoms with van der Waals surface area (Å²) in [4.78, 5) is 0. The van der Waals surface area contributed by atoms with Gasteiger partial charge in [-0.15, -0.1) is 0 Å². The quantitative estimate of drug-likeness (QED) is 0.661. The second-order valence-electron chi connectivity index (χ2n) is 2.50. The fourth-order valence-electron chi connectivity index (χ4n) is 0.683. The molecule has 11 heavy (non-hydrogen) atoms. The molecule has 0 bridgehead atoms. The Morgan fingerprint density at radius 2 is 1.82 bits per heavy atom. The minimum Gasteiger partial charge on any atom is -0.329 e. The van der Waals surface area contributed by atoms with Crippen molar-refractivity contribution in [1.82, 2.24) is 0 Å². The normalized spacial score (nSPS) is 15.0. The van der Waals surface area contributed by atoms with Crippen molar-refractivity contribution in [3.05, 3.63) is 0 Å². The van der Waals surface area contributed by atoms with Gasteiger partial charge in [0, 0.05) is 19.0 Å². The Morgan fingerprint density at radius 3 is 2.18 bits per heavy atom. The Hall–Kier alpha value is -0.290. The highest BCUT2D eigenvalue weighted by Crippen LogP contribution is 2.22. The van der Waals surface area contributed by atoms with Crippen LogP contribution >= 0.6 is 0 Å². The van der Waals surface area contributed by atoms with Crippen LogP contribution in [0.3, 0.4) is 0 Å². The van der Waals surface area contributed by atoms with E-state index in [0.717, 1.165) is 0 Å². The van der Waals surface area contributed by atoms with E-state index >= 15 is 0 Å². The Morgan fingerprint density at radius 1 is 1.27 bits per heavy atom.